The highest BCUT2D eigenvalue weighted by atomic mass is 16.5. The molecule has 2 aromatic heterocycles. The zero-order valence-electron chi connectivity index (χ0n) is 19.2. The molecule has 0 spiro atoms. The number of pyridine rings is 2. The number of amides is 2. The van der Waals surface area contributed by atoms with Crippen molar-refractivity contribution in [1.29, 1.82) is 0 Å². The van der Waals surface area contributed by atoms with Crippen LogP contribution in [0.2, 0.25) is 0 Å². The Kier molecular flexibility index (Phi) is 6.22. The quantitative estimate of drug-likeness (QED) is 0.460. The van der Waals surface area contributed by atoms with Crippen LogP contribution in [0.1, 0.15) is 39.0 Å². The van der Waals surface area contributed by atoms with E-state index in [1.807, 2.05) is 66.7 Å². The molecule has 0 saturated carbocycles. The van der Waals surface area contributed by atoms with Gasteiger partial charge >= 0.3 is 0 Å². The Morgan fingerprint density at radius 3 is 2.43 bits per heavy atom. The summed E-state index contributed by atoms with van der Waals surface area (Å²) in [7, 11) is 1.60. The Bertz CT molecular complexity index is 1330. The van der Waals surface area contributed by atoms with Gasteiger partial charge in [0.15, 0.2) is 0 Å². The molecule has 2 unspecified atom stereocenters. The van der Waals surface area contributed by atoms with E-state index >= 15 is 0 Å². The van der Waals surface area contributed by atoms with E-state index in [4.69, 9.17) is 4.74 Å². The van der Waals surface area contributed by atoms with Gasteiger partial charge in [-0.15, -0.1) is 0 Å². The van der Waals surface area contributed by atoms with E-state index in [-0.39, 0.29) is 11.8 Å². The molecule has 1 N–H and O–H groups in total. The SMILES string of the molecule is COc1ccc(N2C(=O)c3ccccc3C(C(=O)NCc3ccncc3)C2c2cccnc2)cc1. The van der Waals surface area contributed by atoms with Crippen molar-refractivity contribution in [3.63, 3.8) is 0 Å². The molecule has 5 rings (SSSR count). The van der Waals surface area contributed by atoms with Crippen LogP contribution in [0.15, 0.2) is 97.6 Å². The first kappa shape index (κ1) is 22.3. The van der Waals surface area contributed by atoms with Crippen LogP contribution in [-0.2, 0) is 11.3 Å². The smallest absolute Gasteiger partial charge is 0.259 e. The first-order valence-corrected chi connectivity index (χ1v) is 11.3. The molecule has 35 heavy (non-hydrogen) atoms. The fourth-order valence-corrected chi connectivity index (χ4v) is 4.54. The molecule has 7 nitrogen and oxygen atoms in total. The van der Waals surface area contributed by atoms with Gasteiger partial charge < -0.3 is 10.1 Å². The maximum absolute atomic E-state index is 13.8. The molecule has 4 aromatic rings. The summed E-state index contributed by atoms with van der Waals surface area (Å²) in [6.07, 6.45) is 6.78. The first-order chi connectivity index (χ1) is 17.2. The summed E-state index contributed by atoms with van der Waals surface area (Å²) in [4.78, 5) is 37.6. The van der Waals surface area contributed by atoms with E-state index < -0.39 is 12.0 Å². The van der Waals surface area contributed by atoms with Crippen LogP contribution in [0, 0.1) is 0 Å². The number of nitrogens with zero attached hydrogens (tertiary/aromatic N) is 3. The third-order valence-corrected chi connectivity index (χ3v) is 6.21. The van der Waals surface area contributed by atoms with Crippen LogP contribution < -0.4 is 15.0 Å². The van der Waals surface area contributed by atoms with Crippen molar-refractivity contribution in [3.05, 3.63) is 120 Å². The highest BCUT2D eigenvalue weighted by Gasteiger charge is 2.44. The van der Waals surface area contributed by atoms with Gasteiger partial charge in [-0.3, -0.25) is 24.5 Å². The van der Waals surface area contributed by atoms with Gasteiger partial charge in [-0.2, -0.15) is 0 Å². The zero-order valence-corrected chi connectivity index (χ0v) is 19.2. The van der Waals surface area contributed by atoms with Gasteiger partial charge in [0.25, 0.3) is 5.91 Å². The Morgan fingerprint density at radius 1 is 0.943 bits per heavy atom. The van der Waals surface area contributed by atoms with E-state index in [9.17, 15) is 9.59 Å². The minimum absolute atomic E-state index is 0.169. The first-order valence-electron chi connectivity index (χ1n) is 11.3. The third kappa shape index (κ3) is 4.36. The third-order valence-electron chi connectivity index (χ3n) is 6.21. The van der Waals surface area contributed by atoms with Crippen molar-refractivity contribution < 1.29 is 14.3 Å². The molecule has 0 radical (unpaired) electrons. The minimum Gasteiger partial charge on any atom is -0.497 e. The van der Waals surface area contributed by atoms with Crippen LogP contribution in [0.5, 0.6) is 5.75 Å². The Balaban J connectivity index is 1.62. The molecular weight excluding hydrogens is 440 g/mol. The van der Waals surface area contributed by atoms with E-state index in [2.05, 4.69) is 15.3 Å². The van der Waals surface area contributed by atoms with E-state index in [1.54, 1.807) is 42.9 Å². The maximum Gasteiger partial charge on any atom is 0.259 e. The molecule has 1 aliphatic rings. The number of ether oxygens (including phenoxy) is 1. The molecule has 2 aromatic carbocycles. The molecule has 174 valence electrons. The van der Waals surface area contributed by atoms with Crippen LogP contribution in [0.4, 0.5) is 5.69 Å². The van der Waals surface area contributed by atoms with E-state index in [0.717, 1.165) is 11.1 Å². The number of rotatable bonds is 6. The lowest BCUT2D eigenvalue weighted by molar-refractivity contribution is -0.123. The summed E-state index contributed by atoms with van der Waals surface area (Å²) in [6.45, 7) is 0.357. The number of benzene rings is 2. The number of aromatic nitrogens is 2. The number of nitrogens with one attached hydrogen (secondary N) is 1. The molecule has 0 bridgehead atoms. The normalized spacial score (nSPS) is 16.9. The largest absolute Gasteiger partial charge is 0.497 e. The van der Waals surface area contributed by atoms with E-state index in [0.29, 0.717) is 29.1 Å². The molecule has 3 heterocycles. The van der Waals surface area contributed by atoms with Crippen molar-refractivity contribution in [1.82, 2.24) is 15.3 Å². The molecule has 0 saturated heterocycles. The second kappa shape index (κ2) is 9.77. The van der Waals surface area contributed by atoms with E-state index in [1.165, 1.54) is 0 Å². The number of carbonyl (C=O) groups excluding carboxylic acids is 2. The second-order valence-corrected chi connectivity index (χ2v) is 8.24. The molecule has 1 aliphatic heterocycles. The standard InChI is InChI=1S/C28H24N4O3/c1-35-22-10-8-21(9-11-22)32-26(20-5-4-14-30-18-20)25(23-6-2-3-7-24(23)28(32)34)27(33)31-17-19-12-15-29-16-13-19/h2-16,18,25-26H,17H2,1H3,(H,31,33). The van der Waals surface area contributed by atoms with Gasteiger partial charge in [-0.1, -0.05) is 24.3 Å². The van der Waals surface area contributed by atoms with Crippen molar-refractivity contribution in [2.75, 3.05) is 12.0 Å². The monoisotopic (exact) mass is 464 g/mol. The number of carbonyl (C=O) groups is 2. The Hall–Kier alpha value is -4.52. The summed E-state index contributed by atoms with van der Waals surface area (Å²) in [6, 6.07) is 21.5. The van der Waals surface area contributed by atoms with Crippen molar-refractivity contribution in [3.8, 4) is 5.75 Å². The zero-order chi connectivity index (χ0) is 24.2. The van der Waals surface area contributed by atoms with Crippen LogP contribution in [-0.4, -0.2) is 28.9 Å². The predicted octanol–water partition coefficient (Wildman–Crippen LogP) is 4.29. The van der Waals surface area contributed by atoms with Crippen LogP contribution in [0.3, 0.4) is 0 Å². The summed E-state index contributed by atoms with van der Waals surface area (Å²) < 4.78 is 5.30. The summed E-state index contributed by atoms with van der Waals surface area (Å²) in [5, 5.41) is 3.07. The van der Waals surface area contributed by atoms with Gasteiger partial charge in [0.1, 0.15) is 5.75 Å². The highest BCUT2D eigenvalue weighted by Crippen LogP contribution is 2.45. The lowest BCUT2D eigenvalue weighted by atomic mass is 9.79. The number of fused-ring (bicyclic) bond motifs is 1. The van der Waals surface area contributed by atoms with Gasteiger partial charge in [-0.05, 0) is 65.2 Å². The molecule has 0 fully saturated rings. The predicted molar refractivity (Wildman–Crippen MR) is 132 cm³/mol. The van der Waals surface area contributed by atoms with Crippen molar-refractivity contribution in [2.45, 2.75) is 18.5 Å². The van der Waals surface area contributed by atoms with Gasteiger partial charge in [-0.25, -0.2) is 0 Å². The number of hydrogen-bond acceptors (Lipinski definition) is 5. The van der Waals surface area contributed by atoms with Crippen molar-refractivity contribution in [2.24, 2.45) is 0 Å². The second-order valence-electron chi connectivity index (χ2n) is 8.24. The topological polar surface area (TPSA) is 84.4 Å². The van der Waals surface area contributed by atoms with Crippen molar-refractivity contribution >= 4 is 17.5 Å². The molecule has 7 heteroatoms. The summed E-state index contributed by atoms with van der Waals surface area (Å²) in [5.74, 6) is -0.299. The lowest BCUT2D eigenvalue weighted by Crippen LogP contribution is -2.47. The van der Waals surface area contributed by atoms with Gasteiger partial charge in [0.05, 0.1) is 19.1 Å². The van der Waals surface area contributed by atoms with Gasteiger partial charge in [0, 0.05) is 42.6 Å². The molecule has 0 aliphatic carbocycles. The average Bonchev–Trinajstić information content (AvgIpc) is 2.93. The summed E-state index contributed by atoms with van der Waals surface area (Å²) >= 11 is 0. The van der Waals surface area contributed by atoms with Crippen LogP contribution in [0.25, 0.3) is 0 Å². The number of anilines is 1. The lowest BCUT2D eigenvalue weighted by Gasteiger charge is -2.41. The Morgan fingerprint density at radius 2 is 1.71 bits per heavy atom. The van der Waals surface area contributed by atoms with Crippen LogP contribution >= 0.6 is 0 Å². The molecular formula is C28H24N4O3. The van der Waals surface area contributed by atoms with Gasteiger partial charge in [0.2, 0.25) is 5.91 Å². The molecule has 2 atom stereocenters. The fraction of sp³-hybridized carbons (Fsp3) is 0.143. The average molecular weight is 465 g/mol. The minimum atomic E-state index is -0.642. The maximum atomic E-state index is 13.8. The number of methoxy groups -OCH3 is 1. The summed E-state index contributed by atoms with van der Waals surface area (Å²) in [5.41, 5.74) is 3.59. The highest BCUT2D eigenvalue weighted by molar-refractivity contribution is 6.11. The fourth-order valence-electron chi connectivity index (χ4n) is 4.54. The Labute approximate surface area is 203 Å². The molecule has 2 amide bonds. The number of hydrogen-bond donors (Lipinski definition) is 1.